The number of carbonyl (C=O) groups is 1. The highest BCUT2D eigenvalue weighted by Gasteiger charge is 2.35. The van der Waals surface area contributed by atoms with Crippen molar-refractivity contribution in [1.29, 1.82) is 0 Å². The smallest absolute Gasteiger partial charge is 0.240 e. The van der Waals surface area contributed by atoms with Gasteiger partial charge in [-0.25, -0.2) is 0 Å². The van der Waals surface area contributed by atoms with E-state index in [4.69, 9.17) is 0 Å². The number of thiophene rings is 1. The molecule has 2 aliphatic rings. The number of hydrogen-bond donors (Lipinski definition) is 1. The minimum Gasteiger partial charge on any atom is -0.334 e. The van der Waals surface area contributed by atoms with Gasteiger partial charge >= 0.3 is 0 Å². The summed E-state index contributed by atoms with van der Waals surface area (Å²) >= 11 is 1.72. The lowest BCUT2D eigenvalue weighted by molar-refractivity contribution is -0.135. The SMILES string of the molecule is CC1CCNC(C(=O)N2CCCC2c2ccsc2)C1. The van der Waals surface area contributed by atoms with E-state index >= 15 is 0 Å². The number of piperidine rings is 1. The summed E-state index contributed by atoms with van der Waals surface area (Å²) in [5, 5.41) is 7.70. The van der Waals surface area contributed by atoms with Crippen LogP contribution in [0, 0.1) is 5.92 Å². The van der Waals surface area contributed by atoms with Crippen LogP contribution >= 0.6 is 11.3 Å². The minimum atomic E-state index is 0.0444. The van der Waals surface area contributed by atoms with Crippen molar-refractivity contribution in [1.82, 2.24) is 10.2 Å². The lowest BCUT2D eigenvalue weighted by atomic mass is 9.93. The van der Waals surface area contributed by atoms with E-state index in [1.807, 2.05) is 0 Å². The zero-order valence-electron chi connectivity index (χ0n) is 11.5. The summed E-state index contributed by atoms with van der Waals surface area (Å²) in [5.74, 6) is 0.984. The second kappa shape index (κ2) is 5.63. The second-order valence-corrected chi connectivity index (χ2v) is 6.66. The van der Waals surface area contributed by atoms with E-state index in [1.165, 1.54) is 12.0 Å². The van der Waals surface area contributed by atoms with Gasteiger partial charge in [0.15, 0.2) is 0 Å². The monoisotopic (exact) mass is 278 g/mol. The van der Waals surface area contributed by atoms with E-state index < -0.39 is 0 Å². The lowest BCUT2D eigenvalue weighted by Gasteiger charge is -2.33. The molecule has 3 heterocycles. The molecular formula is C15H22N2OS. The van der Waals surface area contributed by atoms with Crippen LogP contribution in [0.1, 0.15) is 44.2 Å². The molecule has 2 aliphatic heterocycles. The van der Waals surface area contributed by atoms with Gasteiger partial charge in [-0.1, -0.05) is 6.92 Å². The zero-order valence-corrected chi connectivity index (χ0v) is 12.3. The van der Waals surface area contributed by atoms with Crippen LogP contribution in [0.2, 0.25) is 0 Å². The first-order chi connectivity index (χ1) is 9.25. The van der Waals surface area contributed by atoms with Crippen molar-refractivity contribution in [2.45, 2.75) is 44.7 Å². The highest BCUT2D eigenvalue weighted by molar-refractivity contribution is 7.07. The average molecular weight is 278 g/mol. The molecule has 3 rings (SSSR count). The maximum absolute atomic E-state index is 12.7. The van der Waals surface area contributed by atoms with Gasteiger partial charge in [0.25, 0.3) is 0 Å². The van der Waals surface area contributed by atoms with Gasteiger partial charge in [-0.2, -0.15) is 11.3 Å². The third-order valence-corrected chi connectivity index (χ3v) is 5.13. The summed E-state index contributed by atoms with van der Waals surface area (Å²) in [6, 6.07) is 2.53. The Morgan fingerprint density at radius 3 is 3.11 bits per heavy atom. The van der Waals surface area contributed by atoms with E-state index in [0.717, 1.165) is 32.4 Å². The number of carbonyl (C=O) groups excluding carboxylic acids is 1. The molecule has 0 aromatic carbocycles. The molecule has 19 heavy (non-hydrogen) atoms. The normalized spacial score (nSPS) is 31.6. The molecule has 1 amide bonds. The minimum absolute atomic E-state index is 0.0444. The first kappa shape index (κ1) is 13.1. The molecule has 0 saturated carbocycles. The van der Waals surface area contributed by atoms with E-state index in [1.54, 1.807) is 11.3 Å². The van der Waals surface area contributed by atoms with Crippen LogP contribution in [-0.2, 0) is 4.79 Å². The van der Waals surface area contributed by atoms with Gasteiger partial charge in [-0.15, -0.1) is 0 Å². The van der Waals surface area contributed by atoms with Crippen molar-refractivity contribution >= 4 is 17.2 Å². The molecule has 3 nitrogen and oxygen atoms in total. The van der Waals surface area contributed by atoms with Gasteiger partial charge in [0, 0.05) is 6.54 Å². The Bertz CT molecular complexity index is 431. The molecule has 104 valence electrons. The van der Waals surface area contributed by atoms with Crippen LogP contribution < -0.4 is 5.32 Å². The summed E-state index contributed by atoms with van der Waals surface area (Å²) in [4.78, 5) is 14.8. The van der Waals surface area contributed by atoms with Crippen molar-refractivity contribution < 1.29 is 4.79 Å². The summed E-state index contributed by atoms with van der Waals surface area (Å²) in [6.45, 7) is 4.15. The molecule has 0 aliphatic carbocycles. The maximum atomic E-state index is 12.7. The summed E-state index contributed by atoms with van der Waals surface area (Å²) in [6.07, 6.45) is 4.43. The Kier molecular flexibility index (Phi) is 3.89. The molecular weight excluding hydrogens is 256 g/mol. The third-order valence-electron chi connectivity index (χ3n) is 4.43. The average Bonchev–Trinajstić information content (AvgIpc) is 3.08. The molecule has 1 N–H and O–H groups in total. The fraction of sp³-hybridized carbons (Fsp3) is 0.667. The van der Waals surface area contributed by atoms with Crippen LogP contribution in [0.4, 0.5) is 0 Å². The maximum Gasteiger partial charge on any atom is 0.240 e. The Morgan fingerprint density at radius 1 is 1.47 bits per heavy atom. The first-order valence-electron chi connectivity index (χ1n) is 7.31. The Labute approximate surface area is 119 Å². The molecule has 3 unspecified atom stereocenters. The van der Waals surface area contributed by atoms with Crippen LogP contribution in [0.15, 0.2) is 16.8 Å². The largest absolute Gasteiger partial charge is 0.334 e. The number of amides is 1. The summed E-state index contributed by atoms with van der Waals surface area (Å²) in [7, 11) is 0. The molecule has 2 saturated heterocycles. The van der Waals surface area contributed by atoms with Crippen LogP contribution in [-0.4, -0.2) is 29.9 Å². The predicted molar refractivity (Wildman–Crippen MR) is 78.2 cm³/mol. The van der Waals surface area contributed by atoms with E-state index in [9.17, 15) is 4.79 Å². The topological polar surface area (TPSA) is 32.3 Å². The van der Waals surface area contributed by atoms with Crippen molar-refractivity contribution in [2.75, 3.05) is 13.1 Å². The van der Waals surface area contributed by atoms with Gasteiger partial charge in [0.05, 0.1) is 12.1 Å². The molecule has 0 bridgehead atoms. The van der Waals surface area contributed by atoms with Crippen molar-refractivity contribution in [3.8, 4) is 0 Å². The third kappa shape index (κ3) is 2.70. The highest BCUT2D eigenvalue weighted by Crippen LogP contribution is 2.34. The number of rotatable bonds is 2. The van der Waals surface area contributed by atoms with E-state index in [0.29, 0.717) is 17.9 Å². The Morgan fingerprint density at radius 2 is 2.37 bits per heavy atom. The van der Waals surface area contributed by atoms with Gasteiger partial charge < -0.3 is 10.2 Å². The lowest BCUT2D eigenvalue weighted by Crippen LogP contribution is -2.49. The first-order valence-corrected chi connectivity index (χ1v) is 8.26. The molecule has 3 atom stereocenters. The van der Waals surface area contributed by atoms with Gasteiger partial charge in [-0.05, 0) is 60.5 Å². The predicted octanol–water partition coefficient (Wildman–Crippen LogP) is 2.80. The number of nitrogens with zero attached hydrogens (tertiary/aromatic N) is 1. The highest BCUT2D eigenvalue weighted by atomic mass is 32.1. The van der Waals surface area contributed by atoms with E-state index in [2.05, 4.69) is 34.0 Å². The fourth-order valence-electron chi connectivity index (χ4n) is 3.34. The van der Waals surface area contributed by atoms with Crippen LogP contribution in [0.3, 0.4) is 0 Å². The summed E-state index contributed by atoms with van der Waals surface area (Å²) < 4.78 is 0. The molecule has 4 heteroatoms. The molecule has 0 radical (unpaired) electrons. The summed E-state index contributed by atoms with van der Waals surface area (Å²) in [5.41, 5.74) is 1.32. The zero-order chi connectivity index (χ0) is 13.2. The van der Waals surface area contributed by atoms with Gasteiger partial charge in [0.2, 0.25) is 5.91 Å². The molecule has 2 fully saturated rings. The van der Waals surface area contributed by atoms with Gasteiger partial charge in [-0.3, -0.25) is 4.79 Å². The molecule has 1 aromatic rings. The van der Waals surface area contributed by atoms with Crippen molar-refractivity contribution in [3.63, 3.8) is 0 Å². The number of nitrogens with one attached hydrogen (secondary N) is 1. The quantitative estimate of drug-likeness (QED) is 0.902. The molecule has 0 spiro atoms. The van der Waals surface area contributed by atoms with Gasteiger partial charge in [0.1, 0.15) is 0 Å². The molecule has 1 aromatic heterocycles. The van der Waals surface area contributed by atoms with Crippen LogP contribution in [0.5, 0.6) is 0 Å². The Balaban J connectivity index is 1.71. The number of hydrogen-bond acceptors (Lipinski definition) is 3. The van der Waals surface area contributed by atoms with Crippen molar-refractivity contribution in [3.05, 3.63) is 22.4 Å². The van der Waals surface area contributed by atoms with Crippen LogP contribution in [0.25, 0.3) is 0 Å². The van der Waals surface area contributed by atoms with Crippen molar-refractivity contribution in [2.24, 2.45) is 5.92 Å². The Hall–Kier alpha value is -0.870. The van der Waals surface area contributed by atoms with E-state index in [-0.39, 0.29) is 6.04 Å². The number of likely N-dealkylation sites (tertiary alicyclic amines) is 1. The second-order valence-electron chi connectivity index (χ2n) is 5.88. The standard InChI is InChI=1S/C15H22N2OS/c1-11-4-6-16-13(9-11)15(18)17-7-2-3-14(17)12-5-8-19-10-12/h5,8,10-11,13-14,16H,2-4,6-7,9H2,1H3. The fourth-order valence-corrected chi connectivity index (χ4v) is 4.04.